The molecule has 1 aliphatic rings. The van der Waals surface area contributed by atoms with E-state index in [4.69, 9.17) is 21.1 Å². The molecule has 3 aromatic rings. The molecule has 2 heterocycles. The second kappa shape index (κ2) is 7.20. The molecule has 0 atom stereocenters. The van der Waals surface area contributed by atoms with Gasteiger partial charge < -0.3 is 14.8 Å². The molecule has 0 spiro atoms. The van der Waals surface area contributed by atoms with Gasteiger partial charge in [0.2, 0.25) is 5.91 Å². The Bertz CT molecular complexity index is 1040. The first-order chi connectivity index (χ1) is 13.1. The lowest BCUT2D eigenvalue weighted by molar-refractivity contribution is -0.115. The Labute approximate surface area is 159 Å². The fourth-order valence-corrected chi connectivity index (χ4v) is 3.22. The van der Waals surface area contributed by atoms with Gasteiger partial charge in [0.25, 0.3) is 5.56 Å². The number of hydrogen-bond acceptors (Lipinski definition) is 4. The number of hydrogen-bond donors (Lipinski definition) is 3. The van der Waals surface area contributed by atoms with Crippen molar-refractivity contribution in [2.24, 2.45) is 0 Å². The summed E-state index contributed by atoms with van der Waals surface area (Å²) in [6.45, 7) is 0.864. The van der Waals surface area contributed by atoms with E-state index in [2.05, 4.69) is 15.5 Å². The number of benzene rings is 2. The molecular weight excluding hydrogens is 370 g/mol. The molecular formula is C19H16ClN3O4. The van der Waals surface area contributed by atoms with Crippen molar-refractivity contribution in [2.75, 3.05) is 18.5 Å². The van der Waals surface area contributed by atoms with E-state index in [0.717, 1.165) is 5.56 Å². The molecule has 2 aromatic carbocycles. The lowest BCUT2D eigenvalue weighted by atomic mass is 10.1. The molecule has 0 bridgehead atoms. The lowest BCUT2D eigenvalue weighted by Crippen LogP contribution is -2.20. The molecule has 7 nitrogen and oxygen atoms in total. The van der Waals surface area contributed by atoms with Crippen LogP contribution in [0.2, 0.25) is 5.02 Å². The maximum Gasteiger partial charge on any atom is 0.288 e. The SMILES string of the molecule is O=C(Cc1cc(Cl)c2c(c1)OCCO2)Nc1c(-c2ccccc2)[nH][nH]c1=O. The van der Waals surface area contributed by atoms with Gasteiger partial charge >= 0.3 is 0 Å². The second-order valence-electron chi connectivity index (χ2n) is 6.02. The smallest absolute Gasteiger partial charge is 0.288 e. The third kappa shape index (κ3) is 3.54. The third-order valence-electron chi connectivity index (χ3n) is 4.13. The van der Waals surface area contributed by atoms with Crippen LogP contribution in [0.25, 0.3) is 11.3 Å². The Hall–Kier alpha value is -3.19. The summed E-state index contributed by atoms with van der Waals surface area (Å²) in [6.07, 6.45) is 0.0369. The molecule has 8 heteroatoms. The number of aromatic amines is 2. The monoisotopic (exact) mass is 385 g/mol. The van der Waals surface area contributed by atoms with Crippen LogP contribution in [-0.2, 0) is 11.2 Å². The van der Waals surface area contributed by atoms with E-state index in [-0.39, 0.29) is 18.0 Å². The Kier molecular flexibility index (Phi) is 4.60. The number of ether oxygens (including phenoxy) is 2. The highest BCUT2D eigenvalue weighted by molar-refractivity contribution is 6.32. The van der Waals surface area contributed by atoms with Crippen molar-refractivity contribution < 1.29 is 14.3 Å². The van der Waals surface area contributed by atoms with E-state index in [1.165, 1.54) is 0 Å². The molecule has 1 amide bonds. The topological polar surface area (TPSA) is 96.2 Å². The molecule has 0 saturated heterocycles. The summed E-state index contributed by atoms with van der Waals surface area (Å²) in [5.41, 5.74) is 1.75. The zero-order valence-corrected chi connectivity index (χ0v) is 14.9. The molecule has 4 rings (SSSR count). The van der Waals surface area contributed by atoms with Crippen LogP contribution in [0.15, 0.2) is 47.3 Å². The number of aromatic nitrogens is 2. The first kappa shape index (κ1) is 17.2. The van der Waals surface area contributed by atoms with Gasteiger partial charge in [0.15, 0.2) is 11.5 Å². The van der Waals surface area contributed by atoms with Gasteiger partial charge in [-0.25, -0.2) is 0 Å². The lowest BCUT2D eigenvalue weighted by Gasteiger charge is -2.20. The number of carbonyl (C=O) groups is 1. The minimum Gasteiger partial charge on any atom is -0.486 e. The predicted molar refractivity (Wildman–Crippen MR) is 102 cm³/mol. The molecule has 0 radical (unpaired) electrons. The van der Waals surface area contributed by atoms with Crippen LogP contribution in [0.5, 0.6) is 11.5 Å². The molecule has 0 unspecified atom stereocenters. The first-order valence-corrected chi connectivity index (χ1v) is 8.73. The van der Waals surface area contributed by atoms with E-state index >= 15 is 0 Å². The van der Waals surface area contributed by atoms with Crippen LogP contribution in [0.4, 0.5) is 5.69 Å². The molecule has 3 N–H and O–H groups in total. The molecule has 1 aromatic heterocycles. The average Bonchev–Trinajstić information content (AvgIpc) is 3.03. The maximum atomic E-state index is 12.5. The number of rotatable bonds is 4. The zero-order chi connectivity index (χ0) is 18.8. The highest BCUT2D eigenvalue weighted by atomic mass is 35.5. The Morgan fingerprint density at radius 3 is 2.70 bits per heavy atom. The van der Waals surface area contributed by atoms with E-state index in [0.29, 0.717) is 41.0 Å². The summed E-state index contributed by atoms with van der Waals surface area (Å²) >= 11 is 6.21. The van der Waals surface area contributed by atoms with Crippen LogP contribution >= 0.6 is 11.6 Å². The molecule has 27 heavy (non-hydrogen) atoms. The summed E-state index contributed by atoms with van der Waals surface area (Å²) < 4.78 is 11.0. The van der Waals surface area contributed by atoms with Crippen molar-refractivity contribution in [2.45, 2.75) is 6.42 Å². The largest absolute Gasteiger partial charge is 0.486 e. The van der Waals surface area contributed by atoms with Crippen LogP contribution in [-0.4, -0.2) is 29.3 Å². The Morgan fingerprint density at radius 2 is 1.89 bits per heavy atom. The van der Waals surface area contributed by atoms with Crippen LogP contribution < -0.4 is 20.3 Å². The van der Waals surface area contributed by atoms with Gasteiger partial charge in [-0.2, -0.15) is 0 Å². The third-order valence-corrected chi connectivity index (χ3v) is 4.41. The Balaban J connectivity index is 1.55. The number of halogens is 1. The molecule has 0 saturated carbocycles. The molecule has 138 valence electrons. The normalized spacial score (nSPS) is 12.6. The minimum atomic E-state index is -0.401. The van der Waals surface area contributed by atoms with Gasteiger partial charge in [-0.05, 0) is 17.7 Å². The summed E-state index contributed by atoms with van der Waals surface area (Å²) in [5, 5.41) is 8.37. The highest BCUT2D eigenvalue weighted by Gasteiger charge is 2.19. The Morgan fingerprint density at radius 1 is 1.11 bits per heavy atom. The van der Waals surface area contributed by atoms with E-state index in [9.17, 15) is 9.59 Å². The van der Waals surface area contributed by atoms with Gasteiger partial charge in [0.1, 0.15) is 18.9 Å². The van der Waals surface area contributed by atoms with Crippen LogP contribution in [0.3, 0.4) is 0 Å². The van der Waals surface area contributed by atoms with Gasteiger partial charge in [-0.1, -0.05) is 41.9 Å². The highest BCUT2D eigenvalue weighted by Crippen LogP contribution is 2.38. The second-order valence-corrected chi connectivity index (χ2v) is 6.43. The summed E-state index contributed by atoms with van der Waals surface area (Å²) in [6, 6.07) is 12.6. The number of anilines is 1. The van der Waals surface area contributed by atoms with E-state index < -0.39 is 5.56 Å². The number of amides is 1. The summed E-state index contributed by atoms with van der Waals surface area (Å²) in [5.74, 6) is 0.659. The van der Waals surface area contributed by atoms with E-state index in [1.807, 2.05) is 30.3 Å². The van der Waals surface area contributed by atoms with Crippen molar-refractivity contribution in [1.29, 1.82) is 0 Å². The summed E-state index contributed by atoms with van der Waals surface area (Å²) in [7, 11) is 0. The van der Waals surface area contributed by atoms with Crippen molar-refractivity contribution >= 4 is 23.2 Å². The fraction of sp³-hybridized carbons (Fsp3) is 0.158. The van der Waals surface area contributed by atoms with Crippen molar-refractivity contribution in [3.05, 3.63) is 63.4 Å². The quantitative estimate of drug-likeness (QED) is 0.643. The molecule has 1 aliphatic heterocycles. The zero-order valence-electron chi connectivity index (χ0n) is 14.2. The average molecular weight is 386 g/mol. The number of carbonyl (C=O) groups excluding carboxylic acids is 1. The molecule has 0 fully saturated rings. The van der Waals surface area contributed by atoms with Crippen LogP contribution in [0.1, 0.15) is 5.56 Å². The van der Waals surface area contributed by atoms with Gasteiger partial charge in [-0.15, -0.1) is 0 Å². The minimum absolute atomic E-state index is 0.0369. The van der Waals surface area contributed by atoms with Gasteiger partial charge in [0.05, 0.1) is 17.1 Å². The first-order valence-electron chi connectivity index (χ1n) is 8.36. The van der Waals surface area contributed by atoms with Crippen molar-refractivity contribution in [1.82, 2.24) is 10.2 Å². The fourth-order valence-electron chi connectivity index (χ4n) is 2.93. The molecule has 0 aliphatic carbocycles. The number of fused-ring (bicyclic) bond motifs is 1. The number of H-pyrrole nitrogens is 2. The maximum absolute atomic E-state index is 12.5. The van der Waals surface area contributed by atoms with Crippen molar-refractivity contribution in [3.63, 3.8) is 0 Å². The van der Waals surface area contributed by atoms with Crippen molar-refractivity contribution in [3.8, 4) is 22.8 Å². The summed E-state index contributed by atoms with van der Waals surface area (Å²) in [4.78, 5) is 24.6. The standard InChI is InChI=1S/C19H16ClN3O4/c20-13-8-11(9-14-18(13)27-7-6-26-14)10-15(24)21-17-16(22-23-19(17)25)12-4-2-1-3-5-12/h1-5,8-9H,6-7,10H2,(H,21,24)(H2,22,23,25). The van der Waals surface area contributed by atoms with E-state index in [1.54, 1.807) is 12.1 Å². The van der Waals surface area contributed by atoms with Crippen LogP contribution in [0, 0.1) is 0 Å². The van der Waals surface area contributed by atoms with Gasteiger partial charge in [-0.3, -0.25) is 19.8 Å². The predicted octanol–water partition coefficient (Wildman–Crippen LogP) is 2.98. The number of nitrogens with one attached hydrogen (secondary N) is 3. The van der Waals surface area contributed by atoms with Gasteiger partial charge in [0, 0.05) is 5.56 Å².